The fraction of sp³-hybridized carbons (Fsp3) is 0.438. The second-order valence-electron chi connectivity index (χ2n) is 5.24. The maximum Gasteiger partial charge on any atom is 0.0755 e. The molecule has 102 valence electrons. The summed E-state index contributed by atoms with van der Waals surface area (Å²) in [7, 11) is 6.21. The number of hydrogen-bond donors (Lipinski definition) is 1. The van der Waals surface area contributed by atoms with Gasteiger partial charge in [-0.1, -0.05) is 18.2 Å². The van der Waals surface area contributed by atoms with Crippen molar-refractivity contribution in [3.05, 3.63) is 35.0 Å². The topological polar surface area (TPSA) is 28.2 Å². The third kappa shape index (κ3) is 2.56. The summed E-state index contributed by atoms with van der Waals surface area (Å²) in [5.74, 6) is 0. The van der Waals surface area contributed by atoms with Crippen molar-refractivity contribution in [1.29, 1.82) is 0 Å². The molecule has 0 spiro atoms. The summed E-state index contributed by atoms with van der Waals surface area (Å²) >= 11 is 0. The van der Waals surface area contributed by atoms with Gasteiger partial charge in [-0.05, 0) is 45.0 Å². The van der Waals surface area contributed by atoms with Gasteiger partial charge in [0.25, 0.3) is 0 Å². The van der Waals surface area contributed by atoms with Crippen molar-refractivity contribution >= 4 is 16.6 Å². The van der Waals surface area contributed by atoms with Crippen LogP contribution in [0.25, 0.3) is 10.9 Å². The Morgan fingerprint density at radius 2 is 1.95 bits per heavy atom. The maximum atomic E-state index is 4.82. The van der Waals surface area contributed by atoms with E-state index >= 15 is 0 Å². The Bertz CT molecular complexity index is 588. The number of hydrogen-bond acceptors (Lipinski definition) is 3. The first-order valence-electron chi connectivity index (χ1n) is 6.77. The maximum absolute atomic E-state index is 4.82. The summed E-state index contributed by atoms with van der Waals surface area (Å²) in [6.45, 7) is 5.21. The van der Waals surface area contributed by atoms with Gasteiger partial charge in [0.2, 0.25) is 0 Å². The summed E-state index contributed by atoms with van der Waals surface area (Å²) in [4.78, 5) is 7.03. The standard InChI is InChI=1S/C16H23N3/c1-11-7-6-8-14-15(11)18-12(2)13(9-10-17-3)16(14)19(4)5/h6-8,17H,9-10H2,1-5H3. The molecule has 0 saturated carbocycles. The highest BCUT2D eigenvalue weighted by Gasteiger charge is 2.14. The molecule has 0 unspecified atom stereocenters. The van der Waals surface area contributed by atoms with Crippen LogP contribution in [0.5, 0.6) is 0 Å². The Morgan fingerprint density at radius 3 is 2.58 bits per heavy atom. The van der Waals surface area contributed by atoms with E-state index in [1.54, 1.807) is 0 Å². The molecule has 0 atom stereocenters. The van der Waals surface area contributed by atoms with Crippen molar-refractivity contribution in [3.63, 3.8) is 0 Å². The van der Waals surface area contributed by atoms with Gasteiger partial charge >= 0.3 is 0 Å². The molecule has 0 fully saturated rings. The summed E-state index contributed by atoms with van der Waals surface area (Å²) in [6, 6.07) is 6.41. The summed E-state index contributed by atoms with van der Waals surface area (Å²) in [5, 5.41) is 4.47. The zero-order valence-corrected chi connectivity index (χ0v) is 12.5. The molecule has 2 rings (SSSR count). The number of pyridine rings is 1. The van der Waals surface area contributed by atoms with E-state index in [-0.39, 0.29) is 0 Å². The van der Waals surface area contributed by atoms with Gasteiger partial charge < -0.3 is 10.2 Å². The molecule has 1 aromatic carbocycles. The highest BCUT2D eigenvalue weighted by molar-refractivity contribution is 5.95. The zero-order chi connectivity index (χ0) is 14.0. The predicted molar refractivity (Wildman–Crippen MR) is 83.2 cm³/mol. The fourth-order valence-corrected chi connectivity index (χ4v) is 2.63. The average molecular weight is 257 g/mol. The summed E-state index contributed by atoms with van der Waals surface area (Å²) in [5.41, 5.74) is 6.15. The third-order valence-electron chi connectivity index (χ3n) is 3.57. The number of rotatable bonds is 4. The number of benzene rings is 1. The van der Waals surface area contributed by atoms with Crippen LogP contribution in [-0.4, -0.2) is 32.7 Å². The van der Waals surface area contributed by atoms with E-state index < -0.39 is 0 Å². The molecule has 0 amide bonds. The van der Waals surface area contributed by atoms with Crippen molar-refractivity contribution in [1.82, 2.24) is 10.3 Å². The van der Waals surface area contributed by atoms with Crippen LogP contribution >= 0.6 is 0 Å². The van der Waals surface area contributed by atoms with Crippen molar-refractivity contribution in [2.24, 2.45) is 0 Å². The minimum atomic E-state index is 0.973. The van der Waals surface area contributed by atoms with Gasteiger partial charge in [0.15, 0.2) is 0 Å². The van der Waals surface area contributed by atoms with Crippen LogP contribution in [-0.2, 0) is 6.42 Å². The van der Waals surface area contributed by atoms with Crippen LogP contribution < -0.4 is 10.2 Å². The van der Waals surface area contributed by atoms with Gasteiger partial charge in [-0.25, -0.2) is 0 Å². The molecular formula is C16H23N3. The molecule has 3 heteroatoms. The van der Waals surface area contributed by atoms with Crippen LogP contribution in [0.2, 0.25) is 0 Å². The number of aryl methyl sites for hydroxylation is 2. The summed E-state index contributed by atoms with van der Waals surface area (Å²) < 4.78 is 0. The number of likely N-dealkylation sites (N-methyl/N-ethyl adjacent to an activating group) is 1. The van der Waals surface area contributed by atoms with Gasteiger partial charge in [-0.3, -0.25) is 4.98 Å². The number of fused-ring (bicyclic) bond motifs is 1. The van der Waals surface area contributed by atoms with Crippen LogP contribution in [0.1, 0.15) is 16.8 Å². The van der Waals surface area contributed by atoms with Crippen molar-refractivity contribution in [3.8, 4) is 0 Å². The van der Waals surface area contributed by atoms with E-state index in [1.165, 1.54) is 22.2 Å². The lowest BCUT2D eigenvalue weighted by Gasteiger charge is -2.22. The SMILES string of the molecule is CNCCc1c(C)nc2c(C)cccc2c1N(C)C. The molecule has 1 N–H and O–H groups in total. The highest BCUT2D eigenvalue weighted by atomic mass is 15.1. The number of aromatic nitrogens is 1. The lowest BCUT2D eigenvalue weighted by atomic mass is 10.0. The number of nitrogens with zero attached hydrogens (tertiary/aromatic N) is 2. The molecule has 0 aliphatic rings. The normalized spacial score (nSPS) is 11.0. The molecule has 2 aromatic rings. The largest absolute Gasteiger partial charge is 0.377 e. The van der Waals surface area contributed by atoms with E-state index in [2.05, 4.69) is 56.4 Å². The number of para-hydroxylation sites is 1. The Hall–Kier alpha value is -1.61. The number of anilines is 1. The Kier molecular flexibility index (Phi) is 4.05. The van der Waals surface area contributed by atoms with E-state index in [9.17, 15) is 0 Å². The molecule has 0 radical (unpaired) electrons. The lowest BCUT2D eigenvalue weighted by Crippen LogP contribution is -2.17. The van der Waals surface area contributed by atoms with Crippen LogP contribution in [0.3, 0.4) is 0 Å². The number of nitrogens with one attached hydrogen (secondary N) is 1. The van der Waals surface area contributed by atoms with Gasteiger partial charge in [0.1, 0.15) is 0 Å². The third-order valence-corrected chi connectivity index (χ3v) is 3.57. The van der Waals surface area contributed by atoms with Crippen LogP contribution in [0.15, 0.2) is 18.2 Å². The molecule has 1 aromatic heterocycles. The van der Waals surface area contributed by atoms with Crippen LogP contribution in [0, 0.1) is 13.8 Å². The first-order valence-corrected chi connectivity index (χ1v) is 6.77. The molecule has 0 aliphatic carbocycles. The van der Waals surface area contributed by atoms with Crippen molar-refractivity contribution in [2.45, 2.75) is 20.3 Å². The molecule has 1 heterocycles. The second-order valence-corrected chi connectivity index (χ2v) is 5.24. The van der Waals surface area contributed by atoms with Gasteiger partial charge in [0.05, 0.1) is 11.2 Å². The quantitative estimate of drug-likeness (QED) is 0.912. The molecule has 19 heavy (non-hydrogen) atoms. The lowest BCUT2D eigenvalue weighted by molar-refractivity contribution is 0.784. The Labute approximate surface area is 115 Å². The first kappa shape index (κ1) is 13.8. The molecule has 0 saturated heterocycles. The Balaban J connectivity index is 2.74. The summed E-state index contributed by atoms with van der Waals surface area (Å²) in [6.07, 6.45) is 1.01. The molecule has 0 aliphatic heterocycles. The minimum Gasteiger partial charge on any atom is -0.377 e. The van der Waals surface area contributed by atoms with Gasteiger partial charge in [-0.15, -0.1) is 0 Å². The van der Waals surface area contributed by atoms with E-state index in [0.29, 0.717) is 0 Å². The highest BCUT2D eigenvalue weighted by Crippen LogP contribution is 2.32. The second kappa shape index (κ2) is 5.57. The van der Waals surface area contributed by atoms with E-state index in [0.717, 1.165) is 24.2 Å². The molecule has 3 nitrogen and oxygen atoms in total. The Morgan fingerprint density at radius 1 is 1.21 bits per heavy atom. The van der Waals surface area contributed by atoms with Gasteiger partial charge in [-0.2, -0.15) is 0 Å². The minimum absolute atomic E-state index is 0.973. The predicted octanol–water partition coefficient (Wildman–Crippen LogP) is 2.68. The van der Waals surface area contributed by atoms with Crippen molar-refractivity contribution < 1.29 is 0 Å². The molecule has 0 bridgehead atoms. The smallest absolute Gasteiger partial charge is 0.0755 e. The zero-order valence-electron chi connectivity index (χ0n) is 12.5. The fourth-order valence-electron chi connectivity index (χ4n) is 2.63. The average Bonchev–Trinajstić information content (AvgIpc) is 2.36. The van der Waals surface area contributed by atoms with E-state index in [4.69, 9.17) is 4.98 Å². The monoisotopic (exact) mass is 257 g/mol. The van der Waals surface area contributed by atoms with E-state index in [1.807, 2.05) is 7.05 Å². The van der Waals surface area contributed by atoms with Crippen LogP contribution in [0.4, 0.5) is 5.69 Å². The molecular weight excluding hydrogens is 234 g/mol. The van der Waals surface area contributed by atoms with Gasteiger partial charge in [0, 0.05) is 25.2 Å². The first-order chi connectivity index (χ1) is 9.06. The van der Waals surface area contributed by atoms with Crippen molar-refractivity contribution in [2.75, 3.05) is 32.6 Å².